The molecule has 0 saturated heterocycles. The van der Waals surface area contributed by atoms with Crippen LogP contribution in [0.2, 0.25) is 0 Å². The zero-order valence-corrected chi connectivity index (χ0v) is 10.6. The summed E-state index contributed by atoms with van der Waals surface area (Å²) < 4.78 is 4.99. The first-order chi connectivity index (χ1) is 8.96. The maximum Gasteiger partial charge on any atom is 0.339 e. The third-order valence-corrected chi connectivity index (χ3v) is 3.39. The van der Waals surface area contributed by atoms with E-state index in [1.807, 2.05) is 0 Å². The van der Waals surface area contributed by atoms with Gasteiger partial charge in [0, 0.05) is 11.8 Å². The molecule has 2 rings (SSSR count). The van der Waals surface area contributed by atoms with E-state index in [9.17, 15) is 9.59 Å². The number of ether oxygens (including phenoxy) is 1. The number of amides is 1. The van der Waals surface area contributed by atoms with E-state index in [-0.39, 0.29) is 17.2 Å². The second-order valence-corrected chi connectivity index (χ2v) is 4.68. The van der Waals surface area contributed by atoms with Crippen LogP contribution in [0.1, 0.15) is 29.6 Å². The molecule has 1 aromatic rings. The average Bonchev–Trinajstić information content (AvgIpc) is 2.35. The van der Waals surface area contributed by atoms with Crippen molar-refractivity contribution in [3.8, 4) is 5.75 Å². The topological polar surface area (TPSA) is 102 Å². The van der Waals surface area contributed by atoms with Crippen LogP contribution in [0.5, 0.6) is 5.75 Å². The number of carbonyl (C=O) groups excluding carboxylic acids is 1. The molecule has 0 aromatic heterocycles. The zero-order chi connectivity index (χ0) is 14.0. The molecule has 19 heavy (non-hydrogen) atoms. The van der Waals surface area contributed by atoms with Crippen LogP contribution in [0.3, 0.4) is 0 Å². The molecule has 1 aliphatic rings. The molecule has 0 aliphatic heterocycles. The molecule has 0 unspecified atom stereocenters. The van der Waals surface area contributed by atoms with Gasteiger partial charge in [-0.1, -0.05) is 0 Å². The van der Waals surface area contributed by atoms with Crippen molar-refractivity contribution in [2.24, 2.45) is 5.73 Å². The Balaban J connectivity index is 2.17. The standard InChI is InChI=1S/C13H16N2O4/c1-19-10-7-8(3-4-9(10)11(16)17)15-12(18)13(14)5-2-6-13/h3-4,7H,2,5-6,14H2,1H3,(H,15,18)(H,16,17). The minimum Gasteiger partial charge on any atom is -0.496 e. The van der Waals surface area contributed by atoms with E-state index in [0.29, 0.717) is 18.5 Å². The average molecular weight is 264 g/mol. The number of carboxylic acid groups (broad SMARTS) is 1. The van der Waals surface area contributed by atoms with E-state index in [4.69, 9.17) is 15.6 Å². The number of hydrogen-bond donors (Lipinski definition) is 3. The lowest BCUT2D eigenvalue weighted by Crippen LogP contribution is -2.56. The quantitative estimate of drug-likeness (QED) is 0.758. The van der Waals surface area contributed by atoms with E-state index >= 15 is 0 Å². The van der Waals surface area contributed by atoms with Crippen molar-refractivity contribution < 1.29 is 19.4 Å². The number of anilines is 1. The van der Waals surface area contributed by atoms with E-state index < -0.39 is 11.5 Å². The van der Waals surface area contributed by atoms with Crippen molar-refractivity contribution in [3.63, 3.8) is 0 Å². The predicted molar refractivity (Wildman–Crippen MR) is 69.4 cm³/mol. The fraction of sp³-hybridized carbons (Fsp3) is 0.385. The molecule has 0 atom stereocenters. The number of nitrogens with one attached hydrogen (secondary N) is 1. The van der Waals surface area contributed by atoms with Gasteiger partial charge in [-0.25, -0.2) is 4.79 Å². The predicted octanol–water partition coefficient (Wildman–Crippen LogP) is 1.21. The Morgan fingerprint density at radius 1 is 1.42 bits per heavy atom. The number of aromatic carboxylic acids is 1. The molecule has 1 amide bonds. The summed E-state index contributed by atoms with van der Waals surface area (Å²) in [5, 5.41) is 11.6. The minimum absolute atomic E-state index is 0.0478. The van der Waals surface area contributed by atoms with E-state index in [0.717, 1.165) is 6.42 Å². The van der Waals surface area contributed by atoms with E-state index in [1.54, 1.807) is 0 Å². The first kappa shape index (κ1) is 13.4. The van der Waals surface area contributed by atoms with Crippen molar-refractivity contribution in [2.75, 3.05) is 12.4 Å². The van der Waals surface area contributed by atoms with Gasteiger partial charge in [-0.2, -0.15) is 0 Å². The van der Waals surface area contributed by atoms with Crippen molar-refractivity contribution in [1.29, 1.82) is 0 Å². The Hall–Kier alpha value is -2.08. The van der Waals surface area contributed by atoms with Gasteiger partial charge in [0.25, 0.3) is 0 Å². The Morgan fingerprint density at radius 3 is 2.58 bits per heavy atom. The highest BCUT2D eigenvalue weighted by molar-refractivity contribution is 5.99. The normalized spacial score (nSPS) is 16.3. The van der Waals surface area contributed by atoms with Gasteiger partial charge < -0.3 is 20.9 Å². The Labute approximate surface area is 110 Å². The molecule has 6 nitrogen and oxygen atoms in total. The van der Waals surface area contributed by atoms with Gasteiger partial charge in [0.1, 0.15) is 11.3 Å². The van der Waals surface area contributed by atoms with Crippen molar-refractivity contribution >= 4 is 17.6 Å². The molecular weight excluding hydrogens is 248 g/mol. The zero-order valence-electron chi connectivity index (χ0n) is 10.6. The summed E-state index contributed by atoms with van der Waals surface area (Å²) in [6.45, 7) is 0. The first-order valence-electron chi connectivity index (χ1n) is 5.98. The second kappa shape index (κ2) is 4.89. The summed E-state index contributed by atoms with van der Waals surface area (Å²) in [5.41, 5.74) is 5.64. The fourth-order valence-corrected chi connectivity index (χ4v) is 1.99. The Morgan fingerprint density at radius 2 is 2.11 bits per heavy atom. The number of carbonyl (C=O) groups is 2. The molecule has 0 spiro atoms. The van der Waals surface area contributed by atoms with Crippen LogP contribution in [0.25, 0.3) is 0 Å². The first-order valence-corrected chi connectivity index (χ1v) is 5.98. The van der Waals surface area contributed by atoms with Gasteiger partial charge in [0.05, 0.1) is 12.6 Å². The maximum atomic E-state index is 11.9. The van der Waals surface area contributed by atoms with Crippen LogP contribution in [0, 0.1) is 0 Å². The lowest BCUT2D eigenvalue weighted by atomic mass is 9.77. The number of rotatable bonds is 4. The molecular formula is C13H16N2O4. The summed E-state index contributed by atoms with van der Waals surface area (Å²) in [6, 6.07) is 4.38. The van der Waals surface area contributed by atoms with Crippen LogP contribution in [0.4, 0.5) is 5.69 Å². The molecule has 1 saturated carbocycles. The van der Waals surface area contributed by atoms with Gasteiger partial charge in [0.2, 0.25) is 5.91 Å². The van der Waals surface area contributed by atoms with Gasteiger partial charge in [-0.05, 0) is 31.4 Å². The number of hydrogen-bond acceptors (Lipinski definition) is 4. The highest BCUT2D eigenvalue weighted by Gasteiger charge is 2.40. The molecule has 0 radical (unpaired) electrons. The fourth-order valence-electron chi connectivity index (χ4n) is 1.99. The SMILES string of the molecule is COc1cc(NC(=O)C2(N)CCC2)ccc1C(=O)O. The van der Waals surface area contributed by atoms with Crippen LogP contribution in [0.15, 0.2) is 18.2 Å². The molecule has 1 aliphatic carbocycles. The summed E-state index contributed by atoms with van der Waals surface area (Å²) in [7, 11) is 1.38. The molecule has 1 fully saturated rings. The number of benzene rings is 1. The van der Waals surface area contributed by atoms with Crippen molar-refractivity contribution in [1.82, 2.24) is 0 Å². The number of nitrogens with two attached hydrogens (primary N) is 1. The summed E-state index contributed by atoms with van der Waals surface area (Å²) >= 11 is 0. The molecule has 0 heterocycles. The van der Waals surface area contributed by atoms with Crippen LogP contribution >= 0.6 is 0 Å². The van der Waals surface area contributed by atoms with E-state index in [2.05, 4.69) is 5.32 Å². The summed E-state index contributed by atoms with van der Waals surface area (Å²) in [5.74, 6) is -1.13. The largest absolute Gasteiger partial charge is 0.496 e. The number of carboxylic acids is 1. The highest BCUT2D eigenvalue weighted by Crippen LogP contribution is 2.31. The lowest BCUT2D eigenvalue weighted by Gasteiger charge is -2.36. The maximum absolute atomic E-state index is 11.9. The van der Waals surface area contributed by atoms with E-state index in [1.165, 1.54) is 25.3 Å². The van der Waals surface area contributed by atoms with Crippen molar-refractivity contribution in [2.45, 2.75) is 24.8 Å². The molecule has 1 aromatic carbocycles. The van der Waals surface area contributed by atoms with Gasteiger partial charge in [0.15, 0.2) is 0 Å². The third kappa shape index (κ3) is 2.53. The summed E-state index contributed by atoms with van der Waals surface area (Å²) in [6.07, 6.45) is 2.29. The van der Waals surface area contributed by atoms with Crippen LogP contribution in [-0.4, -0.2) is 29.6 Å². The van der Waals surface area contributed by atoms with Crippen LogP contribution < -0.4 is 15.8 Å². The third-order valence-electron chi connectivity index (χ3n) is 3.39. The van der Waals surface area contributed by atoms with Gasteiger partial charge in [-0.15, -0.1) is 0 Å². The molecule has 6 heteroatoms. The molecule has 0 bridgehead atoms. The lowest BCUT2D eigenvalue weighted by molar-refractivity contribution is -0.123. The Bertz CT molecular complexity index is 523. The van der Waals surface area contributed by atoms with Gasteiger partial charge >= 0.3 is 5.97 Å². The second-order valence-electron chi connectivity index (χ2n) is 4.68. The molecule has 102 valence electrons. The van der Waals surface area contributed by atoms with Crippen molar-refractivity contribution in [3.05, 3.63) is 23.8 Å². The number of methoxy groups -OCH3 is 1. The highest BCUT2D eigenvalue weighted by atomic mass is 16.5. The Kier molecular flexibility index (Phi) is 3.44. The monoisotopic (exact) mass is 264 g/mol. The molecule has 4 N–H and O–H groups in total. The van der Waals surface area contributed by atoms with Crippen LogP contribution in [-0.2, 0) is 4.79 Å². The summed E-state index contributed by atoms with van der Waals surface area (Å²) in [4.78, 5) is 22.9. The minimum atomic E-state index is -1.08. The van der Waals surface area contributed by atoms with Gasteiger partial charge in [-0.3, -0.25) is 4.79 Å². The smallest absolute Gasteiger partial charge is 0.339 e.